The Morgan fingerprint density at radius 3 is 2.80 bits per heavy atom. The Balaban J connectivity index is 2.48. The monoisotopic (exact) mass is 288 g/mol. The highest BCUT2D eigenvalue weighted by molar-refractivity contribution is 6.29. The first-order chi connectivity index (χ1) is 9.52. The van der Waals surface area contributed by atoms with Gasteiger partial charge in [-0.15, -0.1) is 16.6 Å². The molecule has 0 atom stereocenters. The smallest absolute Gasteiger partial charge is 0.271 e. The molecule has 2 aromatic rings. The van der Waals surface area contributed by atoms with Crippen molar-refractivity contribution in [2.45, 2.75) is 0 Å². The van der Waals surface area contributed by atoms with E-state index < -0.39 is 5.91 Å². The molecule has 1 heterocycles. The van der Waals surface area contributed by atoms with Crippen LogP contribution in [-0.2, 0) is 0 Å². The van der Waals surface area contributed by atoms with Crippen molar-refractivity contribution in [1.82, 2.24) is 10.2 Å². The lowest BCUT2D eigenvalue weighted by Gasteiger charge is -2.11. The van der Waals surface area contributed by atoms with Gasteiger partial charge in [-0.25, -0.2) is 0 Å². The number of amides is 1. The first-order valence-electron chi connectivity index (χ1n) is 5.41. The Labute approximate surface area is 119 Å². The minimum atomic E-state index is -0.774. The summed E-state index contributed by atoms with van der Waals surface area (Å²) in [6.07, 6.45) is 5.26. The molecule has 20 heavy (non-hydrogen) atoms. The van der Waals surface area contributed by atoms with Crippen LogP contribution in [0.5, 0.6) is 5.75 Å². The van der Waals surface area contributed by atoms with Gasteiger partial charge < -0.3 is 16.2 Å². The molecule has 6 nitrogen and oxygen atoms in total. The van der Waals surface area contributed by atoms with Crippen LogP contribution in [0.3, 0.4) is 0 Å². The van der Waals surface area contributed by atoms with Gasteiger partial charge >= 0.3 is 0 Å². The van der Waals surface area contributed by atoms with Gasteiger partial charge in [0, 0.05) is 6.07 Å². The molecule has 0 spiro atoms. The van der Waals surface area contributed by atoms with Crippen LogP contribution < -0.4 is 11.1 Å². The number of aromatic hydroxyl groups is 1. The van der Waals surface area contributed by atoms with Crippen LogP contribution in [0.2, 0.25) is 5.15 Å². The number of carbonyl (C=O) groups excluding carboxylic acids is 1. The number of terminal acetylenes is 1. The predicted octanol–water partition coefficient (Wildman–Crippen LogP) is 1.66. The average molecular weight is 289 g/mol. The van der Waals surface area contributed by atoms with E-state index in [4.69, 9.17) is 23.8 Å². The summed E-state index contributed by atoms with van der Waals surface area (Å²) in [4.78, 5) is 11.3. The third kappa shape index (κ3) is 2.63. The number of nitrogens with two attached hydrogens (primary N) is 1. The lowest BCUT2D eigenvalue weighted by molar-refractivity contribution is 0.0995. The third-order valence-electron chi connectivity index (χ3n) is 2.46. The van der Waals surface area contributed by atoms with Gasteiger partial charge in [0.15, 0.2) is 16.6 Å². The number of nitrogens with zero attached hydrogens (tertiary/aromatic N) is 2. The molecular formula is C13H9ClN4O2. The molecule has 0 aliphatic rings. The Kier molecular flexibility index (Phi) is 3.73. The molecule has 0 aliphatic heterocycles. The number of benzene rings is 1. The highest BCUT2D eigenvalue weighted by atomic mass is 35.5. The fourth-order valence-electron chi connectivity index (χ4n) is 1.55. The van der Waals surface area contributed by atoms with Crippen LogP contribution in [0.4, 0.5) is 11.4 Å². The molecule has 1 aromatic carbocycles. The topological polar surface area (TPSA) is 101 Å². The molecule has 1 amide bonds. The van der Waals surface area contributed by atoms with Crippen LogP contribution >= 0.6 is 11.6 Å². The van der Waals surface area contributed by atoms with Gasteiger partial charge in [0.05, 0.1) is 16.9 Å². The molecule has 0 saturated carbocycles. The molecule has 7 heteroatoms. The molecule has 4 N–H and O–H groups in total. The summed E-state index contributed by atoms with van der Waals surface area (Å²) in [7, 11) is 0. The van der Waals surface area contributed by atoms with Gasteiger partial charge in [0.25, 0.3) is 5.91 Å². The Morgan fingerprint density at radius 1 is 1.40 bits per heavy atom. The minimum absolute atomic E-state index is 0.0742. The third-order valence-corrected chi connectivity index (χ3v) is 2.64. The summed E-state index contributed by atoms with van der Waals surface area (Å²) in [5, 5.41) is 20.0. The van der Waals surface area contributed by atoms with E-state index in [0.717, 1.165) is 0 Å². The zero-order valence-corrected chi connectivity index (χ0v) is 10.8. The second-order valence-corrected chi connectivity index (χ2v) is 4.15. The Hall–Kier alpha value is -2.78. The number of para-hydroxylation sites is 1. The summed E-state index contributed by atoms with van der Waals surface area (Å²) in [5.74, 6) is 1.43. The second kappa shape index (κ2) is 5.47. The molecule has 0 unspecified atom stereocenters. The summed E-state index contributed by atoms with van der Waals surface area (Å²) in [6, 6.07) is 6.18. The number of rotatable bonds is 3. The molecule has 0 bridgehead atoms. The van der Waals surface area contributed by atoms with E-state index >= 15 is 0 Å². The van der Waals surface area contributed by atoms with Crippen molar-refractivity contribution in [3.05, 3.63) is 40.7 Å². The summed E-state index contributed by atoms with van der Waals surface area (Å²) >= 11 is 5.73. The predicted molar refractivity (Wildman–Crippen MR) is 74.9 cm³/mol. The standard InChI is InChI=1S/C13H9ClN4O2/c1-2-7-4-3-5-8(12(7)19)16-9-6-10(14)17-18-11(9)13(15)20/h1,3-6,19H,(H2,15,20)(H,16,17). The maximum absolute atomic E-state index is 11.3. The van der Waals surface area contributed by atoms with E-state index in [2.05, 4.69) is 21.4 Å². The van der Waals surface area contributed by atoms with Crippen molar-refractivity contribution in [2.75, 3.05) is 5.32 Å². The van der Waals surface area contributed by atoms with E-state index in [1.807, 2.05) is 0 Å². The molecule has 0 aliphatic carbocycles. The van der Waals surface area contributed by atoms with E-state index in [1.165, 1.54) is 6.07 Å². The van der Waals surface area contributed by atoms with Crippen molar-refractivity contribution in [2.24, 2.45) is 5.73 Å². The fourth-order valence-corrected chi connectivity index (χ4v) is 1.70. The van der Waals surface area contributed by atoms with Gasteiger partial charge in [-0.1, -0.05) is 23.6 Å². The van der Waals surface area contributed by atoms with Gasteiger partial charge in [0.1, 0.15) is 0 Å². The first kappa shape index (κ1) is 13.6. The van der Waals surface area contributed by atoms with Crippen molar-refractivity contribution in [1.29, 1.82) is 0 Å². The van der Waals surface area contributed by atoms with E-state index in [9.17, 15) is 9.90 Å². The van der Waals surface area contributed by atoms with Gasteiger partial charge in [0.2, 0.25) is 0 Å². The number of hydrogen-bond donors (Lipinski definition) is 3. The van der Waals surface area contributed by atoms with Crippen LogP contribution in [-0.4, -0.2) is 21.2 Å². The van der Waals surface area contributed by atoms with E-state index in [1.54, 1.807) is 18.2 Å². The maximum Gasteiger partial charge on any atom is 0.271 e. The molecule has 100 valence electrons. The summed E-state index contributed by atoms with van der Waals surface area (Å²) in [5.41, 5.74) is 5.93. The summed E-state index contributed by atoms with van der Waals surface area (Å²) < 4.78 is 0. The molecule has 0 radical (unpaired) electrons. The lowest BCUT2D eigenvalue weighted by Crippen LogP contribution is -2.16. The normalized spacial score (nSPS) is 9.80. The number of phenols is 1. The zero-order chi connectivity index (χ0) is 14.7. The maximum atomic E-state index is 11.3. The fraction of sp³-hybridized carbons (Fsp3) is 0. The largest absolute Gasteiger partial charge is 0.505 e. The van der Waals surface area contributed by atoms with Gasteiger partial charge in [-0.05, 0) is 12.1 Å². The number of halogens is 1. The van der Waals surface area contributed by atoms with Gasteiger partial charge in [-0.2, -0.15) is 0 Å². The number of nitrogens with one attached hydrogen (secondary N) is 1. The molecule has 0 saturated heterocycles. The number of primary amides is 1. The quantitative estimate of drug-likeness (QED) is 0.589. The number of aromatic nitrogens is 2. The molecule has 0 fully saturated rings. The van der Waals surface area contributed by atoms with E-state index in [0.29, 0.717) is 11.3 Å². The van der Waals surface area contributed by atoms with Gasteiger partial charge in [-0.3, -0.25) is 4.79 Å². The number of phenolic OH excluding ortho intramolecular Hbond substituents is 1. The van der Waals surface area contributed by atoms with Crippen molar-refractivity contribution in [3.8, 4) is 18.1 Å². The van der Waals surface area contributed by atoms with Crippen LogP contribution in [0, 0.1) is 12.3 Å². The molecular weight excluding hydrogens is 280 g/mol. The zero-order valence-electron chi connectivity index (χ0n) is 10.1. The van der Waals surface area contributed by atoms with Crippen LogP contribution in [0.1, 0.15) is 16.1 Å². The number of carbonyl (C=O) groups is 1. The average Bonchev–Trinajstić information content (AvgIpc) is 2.41. The highest BCUT2D eigenvalue weighted by Crippen LogP contribution is 2.30. The van der Waals surface area contributed by atoms with E-state index in [-0.39, 0.29) is 22.3 Å². The van der Waals surface area contributed by atoms with Crippen molar-refractivity contribution >= 4 is 28.9 Å². The number of anilines is 2. The Morgan fingerprint density at radius 2 is 2.15 bits per heavy atom. The van der Waals surface area contributed by atoms with Crippen molar-refractivity contribution in [3.63, 3.8) is 0 Å². The summed E-state index contributed by atoms with van der Waals surface area (Å²) in [6.45, 7) is 0. The Bertz CT molecular complexity index is 725. The molecule has 1 aromatic heterocycles. The van der Waals surface area contributed by atoms with Crippen LogP contribution in [0.25, 0.3) is 0 Å². The highest BCUT2D eigenvalue weighted by Gasteiger charge is 2.14. The lowest BCUT2D eigenvalue weighted by atomic mass is 10.1. The first-order valence-corrected chi connectivity index (χ1v) is 5.79. The SMILES string of the molecule is C#Cc1cccc(Nc2cc(Cl)nnc2C(N)=O)c1O. The second-order valence-electron chi connectivity index (χ2n) is 3.76. The number of hydrogen-bond acceptors (Lipinski definition) is 5. The minimum Gasteiger partial charge on any atom is -0.505 e. The van der Waals surface area contributed by atoms with Crippen LogP contribution in [0.15, 0.2) is 24.3 Å². The molecule has 2 rings (SSSR count). The van der Waals surface area contributed by atoms with Crippen molar-refractivity contribution < 1.29 is 9.90 Å².